The minimum Gasteiger partial charge on any atom is -0.460 e. The molecule has 3 nitrogen and oxygen atoms in total. The molecule has 0 saturated heterocycles. The first-order valence-electron chi connectivity index (χ1n) is 7.56. The second-order valence-electron chi connectivity index (χ2n) is 6.53. The Morgan fingerprint density at radius 3 is 2.15 bits per heavy atom. The van der Waals surface area contributed by atoms with Crippen molar-refractivity contribution in [1.82, 2.24) is 0 Å². The van der Waals surface area contributed by atoms with E-state index in [0.29, 0.717) is 0 Å². The lowest BCUT2D eigenvalue weighted by Gasteiger charge is -2.14. The number of hydrogen-bond donors (Lipinski definition) is 0. The largest absolute Gasteiger partial charge is 0.460 e. The number of rotatable bonds is 6. The molecule has 26 heavy (non-hydrogen) atoms. The van der Waals surface area contributed by atoms with Crippen LogP contribution in [0.1, 0.15) is 25.0 Å². The van der Waals surface area contributed by atoms with Gasteiger partial charge >= 0.3 is 5.97 Å². The molecule has 2 rings (SSSR count). The van der Waals surface area contributed by atoms with Crippen molar-refractivity contribution in [2.24, 2.45) is 17.3 Å². The van der Waals surface area contributed by atoms with Crippen LogP contribution in [0.15, 0.2) is 19.5 Å². The van der Waals surface area contributed by atoms with Gasteiger partial charge in [0, 0.05) is 12.7 Å². The van der Waals surface area contributed by atoms with E-state index in [0.717, 1.165) is 0 Å². The summed E-state index contributed by atoms with van der Waals surface area (Å²) in [4.78, 5) is 12.4. The summed E-state index contributed by atoms with van der Waals surface area (Å²) in [5, 5.41) is 0. The van der Waals surface area contributed by atoms with E-state index in [2.05, 4.69) is 31.9 Å². The first kappa shape index (κ1) is 22.1. The molecule has 0 aliphatic heterocycles. The highest BCUT2D eigenvalue weighted by atomic mass is 79.9. The quantitative estimate of drug-likeness (QED) is 0.317. The molecular formula is C17H16Br2Cl2F2O3. The lowest BCUT2D eigenvalue weighted by molar-refractivity contribution is -0.147. The summed E-state index contributed by atoms with van der Waals surface area (Å²) in [5.41, 5.74) is -0.403. The fourth-order valence-corrected chi connectivity index (χ4v) is 4.57. The number of esters is 1. The number of benzene rings is 1. The van der Waals surface area contributed by atoms with Crippen molar-refractivity contribution in [3.63, 3.8) is 0 Å². The zero-order chi connectivity index (χ0) is 19.8. The number of carbonyl (C=O) groups excluding carboxylic acids is 1. The smallest absolute Gasteiger partial charge is 0.310 e. The highest BCUT2D eigenvalue weighted by molar-refractivity contribution is 9.11. The molecule has 1 aliphatic rings. The average molecular weight is 537 g/mol. The van der Waals surface area contributed by atoms with Gasteiger partial charge in [0.2, 0.25) is 0 Å². The van der Waals surface area contributed by atoms with E-state index in [1.54, 1.807) is 6.08 Å². The Hall–Kier alpha value is -0.210. The van der Waals surface area contributed by atoms with Crippen LogP contribution in [0.5, 0.6) is 0 Å². The first-order chi connectivity index (χ1) is 12.0. The Labute approximate surface area is 177 Å². The maximum Gasteiger partial charge on any atom is 0.310 e. The minimum absolute atomic E-state index is 0.0148. The van der Waals surface area contributed by atoms with Gasteiger partial charge in [0.25, 0.3) is 0 Å². The highest BCUT2D eigenvalue weighted by Crippen LogP contribution is 2.60. The highest BCUT2D eigenvalue weighted by Gasteiger charge is 2.61. The van der Waals surface area contributed by atoms with Gasteiger partial charge in [0.1, 0.15) is 22.7 Å². The molecule has 2 atom stereocenters. The molecule has 1 aromatic carbocycles. The Morgan fingerprint density at radius 1 is 1.15 bits per heavy atom. The summed E-state index contributed by atoms with van der Waals surface area (Å²) < 4.78 is 38.9. The molecular weight excluding hydrogens is 521 g/mol. The SMILES string of the molecule is COCc1c(F)c(Br)c(COC(=O)[C@H]2[C@H](C=C(Cl)Cl)C2(C)C)c(Br)c1F. The first-order valence-corrected chi connectivity index (χ1v) is 9.90. The van der Waals surface area contributed by atoms with Crippen LogP contribution in [0.25, 0.3) is 0 Å². The average Bonchev–Trinajstić information content (AvgIpc) is 3.09. The Balaban J connectivity index is 2.18. The topological polar surface area (TPSA) is 35.5 Å². The molecule has 9 heteroatoms. The van der Waals surface area contributed by atoms with Crippen LogP contribution in [0.2, 0.25) is 0 Å². The van der Waals surface area contributed by atoms with E-state index in [4.69, 9.17) is 32.7 Å². The fraction of sp³-hybridized carbons (Fsp3) is 0.471. The molecule has 1 aliphatic carbocycles. The summed E-state index contributed by atoms with van der Waals surface area (Å²) in [6.45, 7) is 3.26. The van der Waals surface area contributed by atoms with Gasteiger partial charge in [-0.1, -0.05) is 37.0 Å². The van der Waals surface area contributed by atoms with Gasteiger partial charge in [-0.15, -0.1) is 0 Å². The van der Waals surface area contributed by atoms with Crippen molar-refractivity contribution in [2.75, 3.05) is 7.11 Å². The van der Waals surface area contributed by atoms with Crippen LogP contribution >= 0.6 is 55.1 Å². The molecule has 144 valence electrons. The van der Waals surface area contributed by atoms with Gasteiger partial charge < -0.3 is 9.47 Å². The molecule has 0 unspecified atom stereocenters. The van der Waals surface area contributed by atoms with Crippen LogP contribution in [0, 0.1) is 28.9 Å². The number of hydrogen-bond acceptors (Lipinski definition) is 3. The zero-order valence-electron chi connectivity index (χ0n) is 14.1. The van der Waals surface area contributed by atoms with Crippen molar-refractivity contribution >= 4 is 61.0 Å². The van der Waals surface area contributed by atoms with Gasteiger partial charge in [0.15, 0.2) is 0 Å². The summed E-state index contributed by atoms with van der Waals surface area (Å²) >= 11 is 17.5. The zero-order valence-corrected chi connectivity index (χ0v) is 18.8. The second-order valence-corrected chi connectivity index (χ2v) is 9.13. The summed E-state index contributed by atoms with van der Waals surface area (Å²) in [6.07, 6.45) is 1.60. The molecule has 0 spiro atoms. The third-order valence-corrected chi connectivity index (χ3v) is 6.47. The lowest BCUT2D eigenvalue weighted by Crippen LogP contribution is -2.12. The number of halogens is 6. The fourth-order valence-electron chi connectivity index (χ4n) is 2.93. The second kappa shape index (κ2) is 8.43. The molecule has 1 aromatic rings. The van der Waals surface area contributed by atoms with Crippen molar-refractivity contribution in [3.05, 3.63) is 42.3 Å². The molecule has 0 aromatic heterocycles. The van der Waals surface area contributed by atoms with Crippen molar-refractivity contribution in [2.45, 2.75) is 27.1 Å². The van der Waals surface area contributed by atoms with Crippen LogP contribution in [-0.4, -0.2) is 13.1 Å². The molecule has 0 heterocycles. The summed E-state index contributed by atoms with van der Waals surface area (Å²) in [6, 6.07) is 0. The summed E-state index contributed by atoms with van der Waals surface area (Å²) in [5.74, 6) is -2.63. The van der Waals surface area contributed by atoms with Crippen LogP contribution in [0.4, 0.5) is 8.78 Å². The maximum atomic E-state index is 14.3. The van der Waals surface area contributed by atoms with Crippen LogP contribution < -0.4 is 0 Å². The van der Waals surface area contributed by atoms with Crippen LogP contribution in [0.3, 0.4) is 0 Å². The number of allylic oxidation sites excluding steroid dienone is 1. The predicted octanol–water partition coefficient (Wildman–Crippen LogP) is 6.27. The molecule has 0 radical (unpaired) electrons. The molecule has 0 amide bonds. The van der Waals surface area contributed by atoms with E-state index in [-0.39, 0.29) is 49.1 Å². The number of methoxy groups -OCH3 is 1. The third kappa shape index (κ3) is 4.27. The van der Waals surface area contributed by atoms with Gasteiger partial charge in [-0.3, -0.25) is 4.79 Å². The van der Waals surface area contributed by atoms with Gasteiger partial charge in [-0.05, 0) is 49.3 Å². The van der Waals surface area contributed by atoms with Gasteiger partial charge in [-0.25, -0.2) is 8.78 Å². The van der Waals surface area contributed by atoms with E-state index in [1.807, 2.05) is 13.8 Å². The molecule has 0 bridgehead atoms. The molecule has 1 fully saturated rings. The standard InChI is InChI=1S/C17H16Br2Cl2F2O3/c1-17(2)9(4-10(20)21)11(17)16(24)26-6-7-12(18)14(22)8(5-25-3)15(23)13(7)19/h4,9,11H,5-6H2,1-3H3/t9-,11+/m0/s1. The van der Waals surface area contributed by atoms with Crippen LogP contribution in [-0.2, 0) is 27.5 Å². The Bertz CT molecular complexity index is 736. The van der Waals surface area contributed by atoms with Crippen molar-refractivity contribution < 1.29 is 23.0 Å². The third-order valence-electron chi connectivity index (χ3n) is 4.56. The van der Waals surface area contributed by atoms with Crippen molar-refractivity contribution in [1.29, 1.82) is 0 Å². The Morgan fingerprint density at radius 2 is 1.69 bits per heavy atom. The minimum atomic E-state index is -0.792. The predicted molar refractivity (Wildman–Crippen MR) is 103 cm³/mol. The normalized spacial score (nSPS) is 20.7. The number of carbonyl (C=O) groups is 1. The number of ether oxygens (including phenoxy) is 2. The monoisotopic (exact) mass is 534 g/mol. The van der Waals surface area contributed by atoms with Gasteiger partial charge in [-0.2, -0.15) is 0 Å². The van der Waals surface area contributed by atoms with E-state index in [9.17, 15) is 13.6 Å². The van der Waals surface area contributed by atoms with E-state index < -0.39 is 23.5 Å². The van der Waals surface area contributed by atoms with E-state index in [1.165, 1.54) is 7.11 Å². The maximum absolute atomic E-state index is 14.3. The van der Waals surface area contributed by atoms with E-state index >= 15 is 0 Å². The van der Waals surface area contributed by atoms with Crippen molar-refractivity contribution in [3.8, 4) is 0 Å². The summed E-state index contributed by atoms with van der Waals surface area (Å²) in [7, 11) is 1.34. The molecule has 0 N–H and O–H groups in total. The molecule has 1 saturated carbocycles. The Kier molecular flexibility index (Phi) is 7.16. The van der Waals surface area contributed by atoms with Gasteiger partial charge in [0.05, 0.1) is 27.0 Å². The lowest BCUT2D eigenvalue weighted by atomic mass is 10.1.